The Morgan fingerprint density at radius 2 is 1.47 bits per heavy atom. The van der Waals surface area contributed by atoms with Gasteiger partial charge >= 0.3 is 5.97 Å². The second kappa shape index (κ2) is 11.7. The van der Waals surface area contributed by atoms with Gasteiger partial charge in [0.25, 0.3) is 5.91 Å². The summed E-state index contributed by atoms with van der Waals surface area (Å²) in [7, 11) is 1.32. The first kappa shape index (κ1) is 26.0. The van der Waals surface area contributed by atoms with Gasteiger partial charge in [-0.05, 0) is 48.4 Å². The Balaban J connectivity index is 1.72. The van der Waals surface area contributed by atoms with E-state index in [0.29, 0.717) is 27.7 Å². The lowest BCUT2D eigenvalue weighted by atomic mass is 10.0. The molecule has 0 aromatic heterocycles. The van der Waals surface area contributed by atoms with E-state index in [1.54, 1.807) is 48.5 Å². The number of carbonyl (C=O) groups excluding carboxylic acids is 2. The van der Waals surface area contributed by atoms with Crippen LogP contribution in [0.2, 0.25) is 15.1 Å². The number of halogens is 3. The third kappa shape index (κ3) is 6.27. The van der Waals surface area contributed by atoms with Crippen molar-refractivity contribution in [3.8, 4) is 0 Å². The second-order valence-corrected chi connectivity index (χ2v) is 9.06. The summed E-state index contributed by atoms with van der Waals surface area (Å²) in [5, 5.41) is 6.86. The topological polar surface area (TPSA) is 67.4 Å². The number of methoxy groups -OCH3 is 1. The van der Waals surface area contributed by atoms with E-state index in [-0.39, 0.29) is 15.6 Å². The van der Waals surface area contributed by atoms with E-state index in [1.807, 2.05) is 19.1 Å². The van der Waals surface area contributed by atoms with Gasteiger partial charge in [-0.3, -0.25) is 4.79 Å². The highest BCUT2D eigenvalue weighted by Crippen LogP contribution is 2.25. The van der Waals surface area contributed by atoms with Crippen molar-refractivity contribution in [1.29, 1.82) is 0 Å². The first-order valence-corrected chi connectivity index (χ1v) is 11.7. The smallest absolute Gasteiger partial charge is 0.328 e. The van der Waals surface area contributed by atoms with Gasteiger partial charge in [-0.25, -0.2) is 4.79 Å². The minimum atomic E-state index is -0.726. The van der Waals surface area contributed by atoms with Crippen molar-refractivity contribution in [2.45, 2.75) is 19.4 Å². The standard InChI is InChI=1S/C25H21Cl3N2O3S/c1-14-5-3-6-17(26)21(14)24(34)30-20(25(32)33-2)13-15-9-11-16(12-10-15)29-23(31)22-18(27)7-4-8-19(22)28/h3-12,20H,13H2,1-2H3,(H,29,31)(H,30,34). The molecular weight excluding hydrogens is 515 g/mol. The fourth-order valence-corrected chi connectivity index (χ4v) is 4.71. The van der Waals surface area contributed by atoms with Crippen LogP contribution in [0.5, 0.6) is 0 Å². The summed E-state index contributed by atoms with van der Waals surface area (Å²) in [6.07, 6.45) is 0.306. The molecule has 0 aliphatic rings. The molecule has 3 rings (SSSR count). The normalized spacial score (nSPS) is 11.4. The number of hydrogen-bond donors (Lipinski definition) is 2. The van der Waals surface area contributed by atoms with Gasteiger partial charge in [0.2, 0.25) is 0 Å². The van der Waals surface area contributed by atoms with Crippen molar-refractivity contribution >= 4 is 69.6 Å². The number of ether oxygens (including phenoxy) is 1. The molecule has 3 aromatic carbocycles. The molecule has 1 atom stereocenters. The molecule has 0 radical (unpaired) electrons. The molecule has 9 heteroatoms. The molecule has 0 spiro atoms. The fourth-order valence-electron chi connectivity index (χ4n) is 3.35. The zero-order chi connectivity index (χ0) is 24.8. The molecule has 0 saturated carbocycles. The summed E-state index contributed by atoms with van der Waals surface area (Å²) in [4.78, 5) is 25.4. The lowest BCUT2D eigenvalue weighted by molar-refractivity contribution is -0.142. The van der Waals surface area contributed by atoms with E-state index < -0.39 is 17.9 Å². The van der Waals surface area contributed by atoms with Gasteiger partial charge in [-0.15, -0.1) is 0 Å². The van der Waals surface area contributed by atoms with E-state index >= 15 is 0 Å². The predicted octanol–water partition coefficient (Wildman–Crippen LogP) is 6.26. The second-order valence-electron chi connectivity index (χ2n) is 7.43. The maximum absolute atomic E-state index is 12.6. The first-order chi connectivity index (χ1) is 16.2. The number of hydrogen-bond acceptors (Lipinski definition) is 4. The largest absolute Gasteiger partial charge is 0.467 e. The highest BCUT2D eigenvalue weighted by Gasteiger charge is 2.23. The van der Waals surface area contributed by atoms with Crippen molar-refractivity contribution in [1.82, 2.24) is 5.32 Å². The van der Waals surface area contributed by atoms with E-state index in [4.69, 9.17) is 51.8 Å². The molecule has 3 aromatic rings. The Morgan fingerprint density at radius 1 is 0.912 bits per heavy atom. The molecular formula is C25H21Cl3N2O3S. The summed E-state index contributed by atoms with van der Waals surface area (Å²) in [6.45, 7) is 1.89. The van der Waals surface area contributed by atoms with Crippen LogP contribution in [-0.2, 0) is 16.0 Å². The zero-order valence-electron chi connectivity index (χ0n) is 18.3. The fraction of sp³-hybridized carbons (Fsp3) is 0.160. The molecule has 2 N–H and O–H groups in total. The van der Waals surface area contributed by atoms with Gasteiger partial charge in [-0.1, -0.05) is 77.4 Å². The van der Waals surface area contributed by atoms with Gasteiger partial charge in [0.1, 0.15) is 11.0 Å². The Bertz CT molecular complexity index is 1190. The maximum Gasteiger partial charge on any atom is 0.328 e. The summed E-state index contributed by atoms with van der Waals surface area (Å²) in [5.74, 6) is -0.879. The number of benzene rings is 3. The average Bonchev–Trinajstić information content (AvgIpc) is 2.79. The third-order valence-electron chi connectivity index (χ3n) is 5.08. The summed E-state index contributed by atoms with van der Waals surface area (Å²) < 4.78 is 4.95. The van der Waals surface area contributed by atoms with Crippen LogP contribution >= 0.6 is 47.0 Å². The zero-order valence-corrected chi connectivity index (χ0v) is 21.4. The van der Waals surface area contributed by atoms with Crippen molar-refractivity contribution in [2.75, 3.05) is 12.4 Å². The van der Waals surface area contributed by atoms with Gasteiger partial charge in [0, 0.05) is 17.7 Å². The van der Waals surface area contributed by atoms with Gasteiger partial charge in [-0.2, -0.15) is 0 Å². The molecule has 0 bridgehead atoms. The minimum absolute atomic E-state index is 0.202. The predicted molar refractivity (Wildman–Crippen MR) is 141 cm³/mol. The van der Waals surface area contributed by atoms with Crippen LogP contribution < -0.4 is 10.6 Å². The number of esters is 1. The van der Waals surface area contributed by atoms with Crippen LogP contribution in [0.25, 0.3) is 0 Å². The molecule has 5 nitrogen and oxygen atoms in total. The average molecular weight is 536 g/mol. The summed E-state index contributed by atoms with van der Waals surface area (Å²) in [5.41, 5.74) is 3.15. The SMILES string of the molecule is COC(=O)C(Cc1ccc(NC(=O)c2c(Cl)cccc2Cl)cc1)NC(=S)c1c(C)cccc1Cl. The highest BCUT2D eigenvalue weighted by molar-refractivity contribution is 7.80. The third-order valence-corrected chi connectivity index (χ3v) is 6.35. The number of amides is 1. The molecule has 34 heavy (non-hydrogen) atoms. The summed E-state index contributed by atoms with van der Waals surface area (Å²) in [6, 6.07) is 16.7. The Hall–Kier alpha value is -2.64. The lowest BCUT2D eigenvalue weighted by Gasteiger charge is -2.20. The Kier molecular flexibility index (Phi) is 8.91. The molecule has 1 amide bonds. The lowest BCUT2D eigenvalue weighted by Crippen LogP contribution is -2.43. The van der Waals surface area contributed by atoms with E-state index in [1.165, 1.54) is 7.11 Å². The number of thiocarbonyl (C=S) groups is 1. The van der Waals surface area contributed by atoms with E-state index in [0.717, 1.165) is 11.1 Å². The molecule has 1 unspecified atom stereocenters. The van der Waals surface area contributed by atoms with Crippen LogP contribution in [0.1, 0.15) is 27.0 Å². The van der Waals surface area contributed by atoms with Crippen molar-refractivity contribution in [2.24, 2.45) is 0 Å². The number of carbonyl (C=O) groups is 2. The van der Waals surface area contributed by atoms with Crippen LogP contribution in [0.15, 0.2) is 60.7 Å². The molecule has 0 heterocycles. The van der Waals surface area contributed by atoms with Gasteiger partial charge in [0.15, 0.2) is 0 Å². The Labute approximate surface area is 218 Å². The number of aryl methyl sites for hydroxylation is 1. The molecule has 0 aliphatic carbocycles. The monoisotopic (exact) mass is 534 g/mol. The Morgan fingerprint density at radius 3 is 2.03 bits per heavy atom. The maximum atomic E-state index is 12.6. The van der Waals surface area contributed by atoms with E-state index in [9.17, 15) is 9.59 Å². The van der Waals surface area contributed by atoms with Gasteiger partial charge in [0.05, 0.1) is 27.7 Å². The van der Waals surface area contributed by atoms with Crippen molar-refractivity contribution in [3.05, 3.63) is 98.0 Å². The molecule has 176 valence electrons. The number of rotatable bonds is 7. The molecule has 0 fully saturated rings. The summed E-state index contributed by atoms with van der Waals surface area (Å²) >= 11 is 24.0. The van der Waals surface area contributed by atoms with Crippen molar-refractivity contribution in [3.63, 3.8) is 0 Å². The first-order valence-electron chi connectivity index (χ1n) is 10.2. The minimum Gasteiger partial charge on any atom is -0.467 e. The quantitative estimate of drug-likeness (QED) is 0.276. The van der Waals surface area contributed by atoms with Crippen LogP contribution in [0, 0.1) is 6.92 Å². The number of anilines is 1. The van der Waals surface area contributed by atoms with Crippen LogP contribution in [0.4, 0.5) is 5.69 Å². The van der Waals surface area contributed by atoms with Gasteiger partial charge < -0.3 is 15.4 Å². The van der Waals surface area contributed by atoms with Crippen LogP contribution in [-0.4, -0.2) is 30.0 Å². The molecule has 0 saturated heterocycles. The van der Waals surface area contributed by atoms with E-state index in [2.05, 4.69) is 10.6 Å². The van der Waals surface area contributed by atoms with Crippen molar-refractivity contribution < 1.29 is 14.3 Å². The van der Waals surface area contributed by atoms with Crippen LogP contribution in [0.3, 0.4) is 0 Å². The number of nitrogens with one attached hydrogen (secondary N) is 2. The highest BCUT2D eigenvalue weighted by atomic mass is 35.5. The molecule has 0 aliphatic heterocycles.